The van der Waals surface area contributed by atoms with Crippen molar-refractivity contribution >= 4 is 12.6 Å². The fourth-order valence-corrected chi connectivity index (χ4v) is 8.99. The van der Waals surface area contributed by atoms with Crippen LogP contribution in [0.15, 0.2) is 11.6 Å². The molecule has 160 valence electrons. The van der Waals surface area contributed by atoms with Gasteiger partial charge in [-0.15, -0.1) is 0 Å². The Morgan fingerprint density at radius 1 is 1.00 bits per heavy atom. The van der Waals surface area contributed by atoms with Crippen LogP contribution in [0.1, 0.15) is 105 Å². The quantitative estimate of drug-likeness (QED) is 0.347. The van der Waals surface area contributed by atoms with Gasteiger partial charge in [0.05, 0.1) is 0 Å². The van der Waals surface area contributed by atoms with Crippen molar-refractivity contribution in [2.24, 2.45) is 46.3 Å². The van der Waals surface area contributed by atoms with E-state index in [1.807, 2.05) is 0 Å². The Morgan fingerprint density at radius 2 is 1.79 bits per heavy atom. The second-order valence-electron chi connectivity index (χ2n) is 12.2. The molecule has 3 saturated carbocycles. The van der Waals surface area contributed by atoms with Crippen LogP contribution in [0.4, 0.5) is 0 Å². The highest BCUT2D eigenvalue weighted by molar-refractivity contribution is 7.80. The number of hydrogen-bond donors (Lipinski definition) is 1. The molecule has 0 amide bonds. The van der Waals surface area contributed by atoms with Crippen LogP contribution in [0.3, 0.4) is 0 Å². The Balaban J connectivity index is 1.49. The van der Waals surface area contributed by atoms with Gasteiger partial charge in [0.25, 0.3) is 0 Å². The molecule has 0 aliphatic heterocycles. The lowest BCUT2D eigenvalue weighted by Crippen LogP contribution is -2.50. The Hall–Kier alpha value is 0.0900. The number of allylic oxidation sites excluding steroid dienone is 2. The van der Waals surface area contributed by atoms with Gasteiger partial charge in [0.15, 0.2) is 0 Å². The molecule has 0 heterocycles. The summed E-state index contributed by atoms with van der Waals surface area (Å²) in [5.41, 5.74) is 2.92. The van der Waals surface area contributed by atoms with E-state index < -0.39 is 0 Å². The highest BCUT2D eigenvalue weighted by Crippen LogP contribution is 2.67. The third-order valence-electron chi connectivity index (χ3n) is 10.3. The van der Waals surface area contributed by atoms with Crippen LogP contribution in [-0.2, 0) is 0 Å². The van der Waals surface area contributed by atoms with Crippen LogP contribution in [0.25, 0.3) is 0 Å². The molecule has 4 aliphatic carbocycles. The van der Waals surface area contributed by atoms with Crippen molar-refractivity contribution in [2.75, 3.05) is 0 Å². The summed E-state index contributed by atoms with van der Waals surface area (Å²) in [5.74, 6) is 5.70. The Bertz CT molecular complexity index is 591. The summed E-state index contributed by atoms with van der Waals surface area (Å²) >= 11 is 4.84. The standard InChI is InChI=1S/C27H46S/c1-18(2)7-6-8-19(3)23-11-12-24-22-10-9-20-17-21(28)13-15-26(20,4)25(22)14-16-27(23,24)5/h9,18-19,21-25,28H,6-8,10-17H2,1-5H3/t19-,21+,22+,23-,24?,25+,26+,27-/m1/s1. The molecule has 0 N–H and O–H groups in total. The van der Waals surface area contributed by atoms with E-state index in [0.29, 0.717) is 16.1 Å². The van der Waals surface area contributed by atoms with Gasteiger partial charge in [-0.05, 0) is 97.7 Å². The van der Waals surface area contributed by atoms with Gasteiger partial charge >= 0.3 is 0 Å². The van der Waals surface area contributed by atoms with E-state index in [9.17, 15) is 0 Å². The largest absolute Gasteiger partial charge is 0.176 e. The van der Waals surface area contributed by atoms with Gasteiger partial charge < -0.3 is 0 Å². The Morgan fingerprint density at radius 3 is 2.54 bits per heavy atom. The number of thiol groups is 1. The highest BCUT2D eigenvalue weighted by atomic mass is 32.1. The zero-order valence-electron chi connectivity index (χ0n) is 19.3. The Labute approximate surface area is 181 Å². The molecule has 4 rings (SSSR count). The zero-order valence-corrected chi connectivity index (χ0v) is 20.2. The lowest BCUT2D eigenvalue weighted by molar-refractivity contribution is -0.0497. The number of hydrogen-bond acceptors (Lipinski definition) is 1. The van der Waals surface area contributed by atoms with E-state index in [2.05, 4.69) is 40.7 Å². The van der Waals surface area contributed by atoms with Crippen molar-refractivity contribution in [3.8, 4) is 0 Å². The second kappa shape index (κ2) is 7.97. The summed E-state index contributed by atoms with van der Waals surface area (Å²) in [6.45, 7) is 12.7. The monoisotopic (exact) mass is 402 g/mol. The van der Waals surface area contributed by atoms with E-state index in [0.717, 1.165) is 35.5 Å². The summed E-state index contributed by atoms with van der Waals surface area (Å²) < 4.78 is 0. The molecule has 1 heteroatoms. The van der Waals surface area contributed by atoms with Crippen LogP contribution >= 0.6 is 12.6 Å². The van der Waals surface area contributed by atoms with Gasteiger partial charge in [-0.2, -0.15) is 12.6 Å². The molecule has 28 heavy (non-hydrogen) atoms. The zero-order chi connectivity index (χ0) is 20.1. The number of fused-ring (bicyclic) bond motifs is 5. The minimum Gasteiger partial charge on any atom is -0.176 e. The van der Waals surface area contributed by atoms with Gasteiger partial charge in [-0.3, -0.25) is 0 Å². The average molecular weight is 403 g/mol. The maximum Gasteiger partial charge on any atom is 0.00545 e. The summed E-state index contributed by atoms with van der Waals surface area (Å²) in [5, 5.41) is 0.618. The molecule has 0 saturated heterocycles. The fourth-order valence-electron chi connectivity index (χ4n) is 8.67. The van der Waals surface area contributed by atoms with Crippen LogP contribution in [0, 0.1) is 46.3 Å². The first-order valence-electron chi connectivity index (χ1n) is 12.6. The molecule has 0 radical (unpaired) electrons. The van der Waals surface area contributed by atoms with E-state index in [1.165, 1.54) is 70.6 Å². The predicted molar refractivity (Wildman–Crippen MR) is 126 cm³/mol. The molecule has 0 bridgehead atoms. The van der Waals surface area contributed by atoms with Gasteiger partial charge in [0.1, 0.15) is 0 Å². The maximum atomic E-state index is 4.84. The fraction of sp³-hybridized carbons (Fsp3) is 0.926. The van der Waals surface area contributed by atoms with Crippen LogP contribution in [-0.4, -0.2) is 5.25 Å². The van der Waals surface area contributed by atoms with Crippen molar-refractivity contribution in [3.63, 3.8) is 0 Å². The first-order valence-corrected chi connectivity index (χ1v) is 13.1. The lowest BCUT2D eigenvalue weighted by atomic mass is 9.47. The molecule has 0 aromatic rings. The predicted octanol–water partition coefficient (Wildman–Crippen LogP) is 8.33. The van der Waals surface area contributed by atoms with E-state index >= 15 is 0 Å². The Kier molecular flexibility index (Phi) is 6.07. The van der Waals surface area contributed by atoms with Crippen LogP contribution < -0.4 is 0 Å². The number of rotatable bonds is 5. The van der Waals surface area contributed by atoms with Crippen molar-refractivity contribution in [1.82, 2.24) is 0 Å². The van der Waals surface area contributed by atoms with Crippen molar-refractivity contribution in [2.45, 2.75) is 110 Å². The minimum absolute atomic E-state index is 0.504. The van der Waals surface area contributed by atoms with Crippen molar-refractivity contribution in [3.05, 3.63) is 11.6 Å². The van der Waals surface area contributed by atoms with E-state index in [1.54, 1.807) is 5.57 Å². The molecule has 3 fully saturated rings. The maximum absolute atomic E-state index is 4.84. The summed E-state index contributed by atoms with van der Waals surface area (Å²) in [6, 6.07) is 0. The van der Waals surface area contributed by atoms with Crippen molar-refractivity contribution < 1.29 is 0 Å². The summed E-state index contributed by atoms with van der Waals surface area (Å²) in [6.07, 6.45) is 18.4. The molecule has 0 aromatic carbocycles. The first kappa shape index (κ1) is 21.3. The topological polar surface area (TPSA) is 0 Å². The summed E-state index contributed by atoms with van der Waals surface area (Å²) in [4.78, 5) is 0. The average Bonchev–Trinajstić information content (AvgIpc) is 2.99. The van der Waals surface area contributed by atoms with Crippen LogP contribution in [0.2, 0.25) is 0 Å². The normalized spacial score (nSPS) is 46.5. The van der Waals surface area contributed by atoms with E-state index in [4.69, 9.17) is 12.6 Å². The minimum atomic E-state index is 0.504. The van der Waals surface area contributed by atoms with Gasteiger partial charge in [-0.1, -0.05) is 65.5 Å². The smallest absolute Gasteiger partial charge is 0.00545 e. The summed E-state index contributed by atoms with van der Waals surface area (Å²) in [7, 11) is 0. The van der Waals surface area contributed by atoms with Gasteiger partial charge in [0.2, 0.25) is 0 Å². The molecule has 0 aromatic heterocycles. The molecule has 8 atom stereocenters. The third kappa shape index (κ3) is 3.54. The molecule has 1 unspecified atom stereocenters. The lowest BCUT2D eigenvalue weighted by Gasteiger charge is -2.58. The van der Waals surface area contributed by atoms with Gasteiger partial charge in [-0.25, -0.2) is 0 Å². The van der Waals surface area contributed by atoms with E-state index in [-0.39, 0.29) is 0 Å². The molecule has 4 aliphatic rings. The highest BCUT2D eigenvalue weighted by Gasteiger charge is 2.58. The molecular weight excluding hydrogens is 356 g/mol. The van der Waals surface area contributed by atoms with Crippen LogP contribution in [0.5, 0.6) is 0 Å². The van der Waals surface area contributed by atoms with Crippen molar-refractivity contribution in [1.29, 1.82) is 0 Å². The van der Waals surface area contributed by atoms with Gasteiger partial charge in [0, 0.05) is 5.25 Å². The molecule has 0 spiro atoms. The second-order valence-corrected chi connectivity index (χ2v) is 12.9. The molecular formula is C27H46S. The SMILES string of the molecule is CC(C)CCC[C@@H](C)[C@H]1CCC2[C@@H]3CC=C4C[C@@H](S)CC[C@]4(C)[C@H]3CC[C@@]21C. The third-order valence-corrected chi connectivity index (χ3v) is 10.7. The molecule has 0 nitrogen and oxygen atoms in total. The first-order chi connectivity index (χ1) is 13.3.